The van der Waals surface area contributed by atoms with Gasteiger partial charge in [0.15, 0.2) is 11.5 Å². The van der Waals surface area contributed by atoms with Crippen LogP contribution in [0, 0.1) is 5.82 Å². The Morgan fingerprint density at radius 3 is 2.37 bits per heavy atom. The van der Waals surface area contributed by atoms with Crippen molar-refractivity contribution < 1.29 is 13.9 Å². The van der Waals surface area contributed by atoms with Crippen molar-refractivity contribution in [3.63, 3.8) is 0 Å². The quantitative estimate of drug-likeness (QED) is 0.428. The van der Waals surface area contributed by atoms with Crippen molar-refractivity contribution >= 4 is 0 Å². The molecule has 0 radical (unpaired) electrons. The molecule has 0 saturated carbocycles. The van der Waals surface area contributed by atoms with Crippen molar-refractivity contribution in [3.05, 3.63) is 95.3 Å². The van der Waals surface area contributed by atoms with E-state index in [1.807, 2.05) is 37.3 Å². The van der Waals surface area contributed by atoms with Crippen LogP contribution in [0.3, 0.4) is 0 Å². The third-order valence-corrected chi connectivity index (χ3v) is 5.04. The zero-order valence-electron chi connectivity index (χ0n) is 17.7. The van der Waals surface area contributed by atoms with Crippen LogP contribution in [0.1, 0.15) is 37.0 Å². The van der Waals surface area contributed by atoms with Crippen LogP contribution in [0.2, 0.25) is 0 Å². The summed E-state index contributed by atoms with van der Waals surface area (Å²) in [4.78, 5) is 0. The number of hydrogen-bond donors (Lipinski definition) is 1. The predicted octanol–water partition coefficient (Wildman–Crippen LogP) is 5.91. The first-order valence-electron chi connectivity index (χ1n) is 10.6. The highest BCUT2D eigenvalue weighted by Gasteiger charge is 2.13. The second-order valence-electron chi connectivity index (χ2n) is 7.36. The molecule has 30 heavy (non-hydrogen) atoms. The lowest BCUT2D eigenvalue weighted by Gasteiger charge is -2.19. The molecule has 158 valence electrons. The first-order valence-corrected chi connectivity index (χ1v) is 10.6. The second-order valence-corrected chi connectivity index (χ2v) is 7.36. The van der Waals surface area contributed by atoms with E-state index in [1.54, 1.807) is 12.1 Å². The molecule has 0 aliphatic carbocycles. The maximum Gasteiger partial charge on any atom is 0.166 e. The summed E-state index contributed by atoms with van der Waals surface area (Å²) in [7, 11) is 0. The number of benzene rings is 3. The summed E-state index contributed by atoms with van der Waals surface area (Å²) in [5.74, 6) is 1.09. The summed E-state index contributed by atoms with van der Waals surface area (Å²) in [6.07, 6.45) is 2.07. The molecule has 0 aromatic heterocycles. The van der Waals surface area contributed by atoms with E-state index in [9.17, 15) is 4.39 Å². The maximum atomic E-state index is 14.0. The molecule has 4 heteroatoms. The highest BCUT2D eigenvalue weighted by Crippen LogP contribution is 2.32. The van der Waals surface area contributed by atoms with Crippen molar-refractivity contribution in [3.8, 4) is 11.5 Å². The normalized spacial score (nSPS) is 11.8. The highest BCUT2D eigenvalue weighted by molar-refractivity contribution is 5.47. The number of aryl methyl sites for hydroxylation is 1. The lowest BCUT2D eigenvalue weighted by molar-refractivity contribution is 0.262. The molecule has 3 rings (SSSR count). The van der Waals surface area contributed by atoms with E-state index < -0.39 is 0 Å². The minimum atomic E-state index is -0.263. The summed E-state index contributed by atoms with van der Waals surface area (Å²) in [6.45, 7) is 5.49. The zero-order chi connectivity index (χ0) is 21.2. The fraction of sp³-hybridized carbons (Fsp3) is 0.308. The standard InChI is InChI=1S/C26H30FNO2/c1-3-29-25-15-9-13-22(26(25)30-19-23-12-7-8-14-24(23)27)18-28-20(2)16-17-21-10-5-4-6-11-21/h4-15,20,28H,3,16-19H2,1-2H3/t20-/m1/s1. The van der Waals surface area contributed by atoms with Gasteiger partial charge in [-0.15, -0.1) is 0 Å². The number of nitrogens with one attached hydrogen (secondary N) is 1. The lowest BCUT2D eigenvalue weighted by Crippen LogP contribution is -2.26. The number of ether oxygens (including phenoxy) is 2. The van der Waals surface area contributed by atoms with Crippen molar-refractivity contribution in [1.82, 2.24) is 5.32 Å². The summed E-state index contributed by atoms with van der Waals surface area (Å²) >= 11 is 0. The average Bonchev–Trinajstić information content (AvgIpc) is 2.77. The molecule has 0 amide bonds. The molecule has 0 fully saturated rings. The fourth-order valence-electron chi connectivity index (χ4n) is 3.31. The Hall–Kier alpha value is -2.85. The highest BCUT2D eigenvalue weighted by atomic mass is 19.1. The minimum absolute atomic E-state index is 0.160. The Kier molecular flexibility index (Phi) is 8.28. The average molecular weight is 408 g/mol. The van der Waals surface area contributed by atoms with Crippen LogP contribution in [0.25, 0.3) is 0 Å². The summed E-state index contributed by atoms with van der Waals surface area (Å²) in [6, 6.07) is 23.4. The topological polar surface area (TPSA) is 30.5 Å². The number of para-hydroxylation sites is 1. The van der Waals surface area contributed by atoms with Crippen molar-refractivity contribution in [2.24, 2.45) is 0 Å². The zero-order valence-corrected chi connectivity index (χ0v) is 17.7. The van der Waals surface area contributed by atoms with Gasteiger partial charge >= 0.3 is 0 Å². The Morgan fingerprint density at radius 2 is 1.60 bits per heavy atom. The second kappa shape index (κ2) is 11.4. The van der Waals surface area contributed by atoms with E-state index in [0.717, 1.165) is 18.4 Å². The lowest BCUT2D eigenvalue weighted by atomic mass is 10.1. The molecule has 1 N–H and O–H groups in total. The Labute approximate surface area is 178 Å². The number of halogens is 1. The fourth-order valence-corrected chi connectivity index (χ4v) is 3.31. The Balaban J connectivity index is 1.64. The molecular weight excluding hydrogens is 377 g/mol. The SMILES string of the molecule is CCOc1cccc(CN[C@H](C)CCc2ccccc2)c1OCc1ccccc1F. The van der Waals surface area contributed by atoms with Crippen LogP contribution < -0.4 is 14.8 Å². The van der Waals surface area contributed by atoms with Crippen molar-refractivity contribution in [1.29, 1.82) is 0 Å². The third-order valence-electron chi connectivity index (χ3n) is 5.04. The molecule has 1 atom stereocenters. The Bertz CT molecular complexity index is 914. The van der Waals surface area contributed by atoms with Gasteiger partial charge in [0, 0.05) is 23.7 Å². The van der Waals surface area contributed by atoms with Gasteiger partial charge in [-0.1, -0.05) is 60.7 Å². The van der Waals surface area contributed by atoms with Gasteiger partial charge in [0.2, 0.25) is 0 Å². The molecule has 0 aliphatic heterocycles. The molecule has 3 aromatic rings. The van der Waals surface area contributed by atoms with Gasteiger partial charge in [0.25, 0.3) is 0 Å². The molecule has 0 aliphatic rings. The molecule has 0 spiro atoms. The van der Waals surface area contributed by atoms with E-state index in [1.165, 1.54) is 11.6 Å². The van der Waals surface area contributed by atoms with Gasteiger partial charge in [-0.2, -0.15) is 0 Å². The van der Waals surface area contributed by atoms with Crippen LogP contribution in [0.5, 0.6) is 11.5 Å². The van der Waals surface area contributed by atoms with Crippen molar-refractivity contribution in [2.45, 2.75) is 45.9 Å². The van der Waals surface area contributed by atoms with Gasteiger partial charge in [-0.3, -0.25) is 0 Å². The molecule has 3 aromatic carbocycles. The number of hydrogen-bond acceptors (Lipinski definition) is 3. The van der Waals surface area contributed by atoms with Gasteiger partial charge in [0.05, 0.1) is 6.61 Å². The molecule has 0 heterocycles. The van der Waals surface area contributed by atoms with Crippen molar-refractivity contribution in [2.75, 3.05) is 6.61 Å². The summed E-state index contributed by atoms with van der Waals surface area (Å²) in [5.41, 5.74) is 2.88. The van der Waals surface area contributed by atoms with Crippen LogP contribution in [-0.4, -0.2) is 12.6 Å². The molecular formula is C26H30FNO2. The first kappa shape index (κ1) is 21.8. The van der Waals surface area contributed by atoms with Gasteiger partial charge in [-0.05, 0) is 44.4 Å². The van der Waals surface area contributed by atoms with Gasteiger partial charge in [-0.25, -0.2) is 4.39 Å². The van der Waals surface area contributed by atoms with Gasteiger partial charge in [0.1, 0.15) is 12.4 Å². The molecule has 0 bridgehead atoms. The van der Waals surface area contributed by atoms with E-state index in [4.69, 9.17) is 9.47 Å². The monoisotopic (exact) mass is 407 g/mol. The molecule has 0 saturated heterocycles. The van der Waals surface area contributed by atoms with Crippen LogP contribution in [-0.2, 0) is 19.6 Å². The first-order chi connectivity index (χ1) is 14.7. The molecule has 3 nitrogen and oxygen atoms in total. The van der Waals surface area contributed by atoms with E-state index in [-0.39, 0.29) is 12.4 Å². The van der Waals surface area contributed by atoms with Gasteiger partial charge < -0.3 is 14.8 Å². The third kappa shape index (κ3) is 6.33. The Morgan fingerprint density at radius 1 is 0.867 bits per heavy atom. The summed E-state index contributed by atoms with van der Waals surface area (Å²) in [5, 5.41) is 3.58. The smallest absolute Gasteiger partial charge is 0.166 e. The summed E-state index contributed by atoms with van der Waals surface area (Å²) < 4.78 is 25.8. The minimum Gasteiger partial charge on any atom is -0.490 e. The van der Waals surface area contributed by atoms with Crippen LogP contribution >= 0.6 is 0 Å². The maximum absolute atomic E-state index is 14.0. The molecule has 0 unspecified atom stereocenters. The van der Waals surface area contributed by atoms with Crippen LogP contribution in [0.15, 0.2) is 72.8 Å². The van der Waals surface area contributed by atoms with E-state index in [0.29, 0.717) is 36.3 Å². The van der Waals surface area contributed by atoms with Crippen LogP contribution in [0.4, 0.5) is 4.39 Å². The largest absolute Gasteiger partial charge is 0.490 e. The van der Waals surface area contributed by atoms with E-state index >= 15 is 0 Å². The van der Waals surface area contributed by atoms with E-state index in [2.05, 4.69) is 36.5 Å². The predicted molar refractivity (Wildman–Crippen MR) is 119 cm³/mol. The number of rotatable bonds is 11.